The van der Waals surface area contributed by atoms with Crippen LogP contribution in [0.5, 0.6) is 0 Å². The van der Waals surface area contributed by atoms with Crippen LogP contribution in [0.15, 0.2) is 29.3 Å². The number of nitrogens with zero attached hydrogens (tertiary/aromatic N) is 4. The molecule has 0 fully saturated rings. The van der Waals surface area contributed by atoms with E-state index in [2.05, 4.69) is 31.0 Å². The fraction of sp³-hybridized carbons (Fsp3) is 0.125. The summed E-state index contributed by atoms with van der Waals surface area (Å²) in [5.41, 5.74) is 6.50. The molecule has 0 aromatic carbocycles. The molecule has 5 nitrogen and oxygen atoms in total. The summed E-state index contributed by atoms with van der Waals surface area (Å²) in [7, 11) is 0. The highest BCUT2D eigenvalue weighted by molar-refractivity contribution is 9.10. The van der Waals surface area contributed by atoms with Crippen LogP contribution in [-0.2, 0) is 6.54 Å². The van der Waals surface area contributed by atoms with E-state index in [0.717, 1.165) is 5.56 Å². The van der Waals surface area contributed by atoms with Crippen LogP contribution in [0.25, 0.3) is 0 Å². The number of anilines is 1. The van der Waals surface area contributed by atoms with Crippen molar-refractivity contribution in [2.24, 2.45) is 0 Å². The monoisotopic (exact) mass is 253 g/mol. The Kier molecular flexibility index (Phi) is 2.45. The van der Waals surface area contributed by atoms with Gasteiger partial charge in [-0.05, 0) is 27.6 Å². The first-order chi connectivity index (χ1) is 6.75. The Balaban J connectivity index is 2.23. The summed E-state index contributed by atoms with van der Waals surface area (Å²) in [6.07, 6.45) is 3.51. The molecule has 72 valence electrons. The number of pyridine rings is 1. The first-order valence-electron chi connectivity index (χ1n) is 4.00. The Morgan fingerprint density at radius 1 is 1.50 bits per heavy atom. The van der Waals surface area contributed by atoms with Crippen LogP contribution in [0.2, 0.25) is 0 Å². The highest BCUT2D eigenvalue weighted by Gasteiger charge is 2.04. The minimum atomic E-state index is 0.265. The summed E-state index contributed by atoms with van der Waals surface area (Å²) in [6, 6.07) is 3.85. The molecule has 0 spiro atoms. The molecule has 0 bridgehead atoms. The summed E-state index contributed by atoms with van der Waals surface area (Å²) in [5.74, 6) is 0.265. The summed E-state index contributed by atoms with van der Waals surface area (Å²) in [6.45, 7) is 0.610. The summed E-state index contributed by atoms with van der Waals surface area (Å²) >= 11 is 3.26. The first kappa shape index (κ1) is 9.14. The Hall–Kier alpha value is -1.43. The Bertz CT molecular complexity index is 425. The molecular weight excluding hydrogens is 246 g/mol. The Morgan fingerprint density at radius 2 is 2.36 bits per heavy atom. The molecule has 6 heteroatoms. The van der Waals surface area contributed by atoms with Crippen LogP contribution in [-0.4, -0.2) is 19.7 Å². The van der Waals surface area contributed by atoms with Gasteiger partial charge in [-0.2, -0.15) is 4.98 Å². The first-order valence-corrected chi connectivity index (χ1v) is 4.80. The topological polar surface area (TPSA) is 69.6 Å². The lowest BCUT2D eigenvalue weighted by molar-refractivity contribution is 0.668. The van der Waals surface area contributed by atoms with Gasteiger partial charge < -0.3 is 5.73 Å². The van der Waals surface area contributed by atoms with Gasteiger partial charge in [0.1, 0.15) is 0 Å². The van der Waals surface area contributed by atoms with E-state index in [9.17, 15) is 0 Å². The smallest absolute Gasteiger partial charge is 0.240 e. The minimum Gasteiger partial charge on any atom is -0.366 e. The van der Waals surface area contributed by atoms with Gasteiger partial charge >= 0.3 is 0 Å². The van der Waals surface area contributed by atoms with E-state index in [0.29, 0.717) is 11.3 Å². The number of aromatic nitrogens is 4. The molecule has 0 radical (unpaired) electrons. The van der Waals surface area contributed by atoms with Gasteiger partial charge in [0, 0.05) is 12.4 Å². The Morgan fingerprint density at radius 3 is 2.93 bits per heavy atom. The maximum atomic E-state index is 5.44. The molecule has 2 rings (SSSR count). The fourth-order valence-corrected chi connectivity index (χ4v) is 1.49. The average Bonchev–Trinajstić information content (AvgIpc) is 2.47. The molecule has 0 aliphatic carbocycles. The lowest BCUT2D eigenvalue weighted by Crippen LogP contribution is -2.02. The quantitative estimate of drug-likeness (QED) is 0.870. The zero-order valence-electron chi connectivity index (χ0n) is 7.26. The van der Waals surface area contributed by atoms with Crippen molar-refractivity contribution in [3.63, 3.8) is 0 Å². The van der Waals surface area contributed by atoms with Crippen LogP contribution in [0.1, 0.15) is 5.56 Å². The van der Waals surface area contributed by atoms with Gasteiger partial charge in [0.05, 0.1) is 6.54 Å². The SMILES string of the molecule is Nc1nc(Br)n(Cc2cccnc2)n1. The minimum absolute atomic E-state index is 0.265. The number of nitrogens with two attached hydrogens (primary N) is 1. The van der Waals surface area contributed by atoms with E-state index < -0.39 is 0 Å². The molecule has 14 heavy (non-hydrogen) atoms. The summed E-state index contributed by atoms with van der Waals surface area (Å²) in [4.78, 5) is 7.94. The van der Waals surface area contributed by atoms with E-state index in [1.54, 1.807) is 17.1 Å². The van der Waals surface area contributed by atoms with Crippen molar-refractivity contribution in [3.05, 3.63) is 34.8 Å². The Labute approximate surface area is 89.1 Å². The normalized spacial score (nSPS) is 10.4. The predicted molar refractivity (Wildman–Crippen MR) is 55.5 cm³/mol. The number of rotatable bonds is 2. The van der Waals surface area contributed by atoms with Crippen LogP contribution < -0.4 is 5.73 Å². The molecule has 0 unspecified atom stereocenters. The van der Waals surface area contributed by atoms with Crippen molar-refractivity contribution < 1.29 is 0 Å². The van der Waals surface area contributed by atoms with Crippen molar-refractivity contribution in [2.75, 3.05) is 5.73 Å². The van der Waals surface area contributed by atoms with Crippen LogP contribution in [0.4, 0.5) is 5.95 Å². The lowest BCUT2D eigenvalue weighted by atomic mass is 10.3. The standard InChI is InChI=1S/C8H8BrN5/c9-7-12-8(10)13-14(7)5-6-2-1-3-11-4-6/h1-4H,5H2,(H2,10,13). The fourth-order valence-electron chi connectivity index (χ4n) is 1.10. The third-order valence-electron chi connectivity index (χ3n) is 1.70. The molecule has 0 aliphatic rings. The number of nitrogen functional groups attached to an aromatic ring is 1. The highest BCUT2D eigenvalue weighted by Crippen LogP contribution is 2.10. The highest BCUT2D eigenvalue weighted by atomic mass is 79.9. The van der Waals surface area contributed by atoms with E-state index in [-0.39, 0.29) is 5.95 Å². The third kappa shape index (κ3) is 1.90. The second kappa shape index (κ2) is 3.75. The maximum absolute atomic E-state index is 5.44. The van der Waals surface area contributed by atoms with Gasteiger partial charge in [-0.15, -0.1) is 5.10 Å². The van der Waals surface area contributed by atoms with Crippen molar-refractivity contribution in [1.82, 2.24) is 19.7 Å². The summed E-state index contributed by atoms with van der Waals surface area (Å²) < 4.78 is 2.30. The van der Waals surface area contributed by atoms with E-state index in [4.69, 9.17) is 5.73 Å². The van der Waals surface area contributed by atoms with Gasteiger partial charge in [0.2, 0.25) is 5.95 Å². The number of halogens is 1. The molecular formula is C8H8BrN5. The van der Waals surface area contributed by atoms with Crippen molar-refractivity contribution in [1.29, 1.82) is 0 Å². The molecule has 2 aromatic rings. The molecule has 2 aromatic heterocycles. The average molecular weight is 254 g/mol. The van der Waals surface area contributed by atoms with Gasteiger partial charge in [-0.25, -0.2) is 4.68 Å². The van der Waals surface area contributed by atoms with Crippen molar-refractivity contribution in [2.45, 2.75) is 6.54 Å². The predicted octanol–water partition coefficient (Wildman–Crippen LogP) is 1.07. The molecule has 0 saturated carbocycles. The van der Waals surface area contributed by atoms with E-state index in [1.807, 2.05) is 12.1 Å². The second-order valence-electron chi connectivity index (χ2n) is 2.76. The van der Waals surface area contributed by atoms with Crippen LogP contribution in [0, 0.1) is 0 Å². The molecule has 2 N–H and O–H groups in total. The molecule has 0 saturated heterocycles. The largest absolute Gasteiger partial charge is 0.366 e. The lowest BCUT2D eigenvalue weighted by Gasteiger charge is -2.00. The van der Waals surface area contributed by atoms with Gasteiger partial charge in [0.25, 0.3) is 0 Å². The van der Waals surface area contributed by atoms with Crippen molar-refractivity contribution >= 4 is 21.9 Å². The van der Waals surface area contributed by atoms with Crippen LogP contribution >= 0.6 is 15.9 Å². The third-order valence-corrected chi connectivity index (χ3v) is 2.28. The van der Waals surface area contributed by atoms with E-state index >= 15 is 0 Å². The zero-order chi connectivity index (χ0) is 9.97. The number of hydrogen-bond donors (Lipinski definition) is 1. The van der Waals surface area contributed by atoms with Gasteiger partial charge in [-0.3, -0.25) is 4.98 Å². The zero-order valence-corrected chi connectivity index (χ0v) is 8.85. The summed E-state index contributed by atoms with van der Waals surface area (Å²) in [5, 5.41) is 4.01. The van der Waals surface area contributed by atoms with Crippen LogP contribution in [0.3, 0.4) is 0 Å². The molecule has 2 heterocycles. The molecule has 0 amide bonds. The van der Waals surface area contributed by atoms with Gasteiger partial charge in [-0.1, -0.05) is 6.07 Å². The second-order valence-corrected chi connectivity index (χ2v) is 3.47. The molecule has 0 aliphatic heterocycles. The molecule has 0 atom stereocenters. The van der Waals surface area contributed by atoms with E-state index in [1.165, 1.54) is 0 Å². The van der Waals surface area contributed by atoms with Gasteiger partial charge in [0.15, 0.2) is 4.73 Å². The number of hydrogen-bond acceptors (Lipinski definition) is 4. The maximum Gasteiger partial charge on any atom is 0.240 e. The van der Waals surface area contributed by atoms with Crippen molar-refractivity contribution in [3.8, 4) is 0 Å².